The van der Waals surface area contributed by atoms with E-state index in [-0.39, 0.29) is 5.69 Å². The number of halogens is 3. The van der Waals surface area contributed by atoms with E-state index in [1.165, 1.54) is 11.3 Å². The van der Waals surface area contributed by atoms with Gasteiger partial charge in [-0.25, -0.2) is 4.98 Å². The van der Waals surface area contributed by atoms with E-state index >= 15 is 0 Å². The highest BCUT2D eigenvalue weighted by Crippen LogP contribution is 2.29. The molecule has 5 nitrogen and oxygen atoms in total. The summed E-state index contributed by atoms with van der Waals surface area (Å²) >= 11 is 1.25. The summed E-state index contributed by atoms with van der Waals surface area (Å²) in [7, 11) is 1.14. The van der Waals surface area contributed by atoms with Gasteiger partial charge in [0.15, 0.2) is 10.8 Å². The van der Waals surface area contributed by atoms with E-state index in [9.17, 15) is 18.0 Å². The quantitative estimate of drug-likeness (QED) is 0.928. The lowest BCUT2D eigenvalue weighted by molar-refractivity contribution is -0.143. The lowest BCUT2D eigenvalue weighted by Crippen LogP contribution is -2.13. The summed E-state index contributed by atoms with van der Waals surface area (Å²) in [5.74, 6) is -0.718. The number of nitrogens with one attached hydrogen (secondary N) is 1. The Labute approximate surface area is 116 Å². The molecule has 0 radical (unpaired) electrons. The Balaban J connectivity index is 2.22. The highest BCUT2D eigenvalue weighted by molar-refractivity contribution is 7.15. The molecular formula is C11H11F3N4OS. The zero-order valence-corrected chi connectivity index (χ0v) is 11.7. The fourth-order valence-corrected chi connectivity index (χ4v) is 2.34. The maximum atomic E-state index is 12.6. The van der Waals surface area contributed by atoms with Crippen molar-refractivity contribution in [3.63, 3.8) is 0 Å². The SMILES string of the molecule is Cc1nc(NC(=O)c2cc(C(F)(F)F)n(C)n2)sc1C. The van der Waals surface area contributed by atoms with Gasteiger partial charge < -0.3 is 0 Å². The van der Waals surface area contributed by atoms with Crippen LogP contribution in [0.3, 0.4) is 0 Å². The van der Waals surface area contributed by atoms with Gasteiger partial charge in [-0.3, -0.25) is 14.8 Å². The average Bonchev–Trinajstić information content (AvgIpc) is 2.82. The molecule has 108 valence electrons. The summed E-state index contributed by atoms with van der Waals surface area (Å²) in [6, 6.07) is 0.711. The number of nitrogens with zero attached hydrogens (tertiary/aromatic N) is 3. The fraction of sp³-hybridized carbons (Fsp3) is 0.364. The molecule has 0 aromatic carbocycles. The van der Waals surface area contributed by atoms with Crippen LogP contribution in [0.5, 0.6) is 0 Å². The van der Waals surface area contributed by atoms with Crippen molar-refractivity contribution in [1.82, 2.24) is 14.8 Å². The molecule has 0 aliphatic heterocycles. The molecule has 0 saturated heterocycles. The Morgan fingerprint density at radius 1 is 1.40 bits per heavy atom. The van der Waals surface area contributed by atoms with Gasteiger partial charge in [-0.2, -0.15) is 18.3 Å². The predicted molar refractivity (Wildman–Crippen MR) is 67.8 cm³/mol. The van der Waals surface area contributed by atoms with Crippen molar-refractivity contribution >= 4 is 22.4 Å². The van der Waals surface area contributed by atoms with Crippen LogP contribution in [-0.2, 0) is 13.2 Å². The Morgan fingerprint density at radius 2 is 2.05 bits per heavy atom. The number of alkyl halides is 3. The van der Waals surface area contributed by atoms with Gasteiger partial charge >= 0.3 is 6.18 Å². The second-order valence-corrected chi connectivity index (χ2v) is 5.35. The van der Waals surface area contributed by atoms with Crippen LogP contribution in [0.15, 0.2) is 6.07 Å². The summed E-state index contributed by atoms with van der Waals surface area (Å²) in [5.41, 5.74) is -0.512. The van der Waals surface area contributed by atoms with E-state index < -0.39 is 17.8 Å². The van der Waals surface area contributed by atoms with Gasteiger partial charge in [0, 0.05) is 18.0 Å². The molecule has 0 saturated carbocycles. The van der Waals surface area contributed by atoms with Crippen molar-refractivity contribution in [1.29, 1.82) is 0 Å². The molecule has 0 aliphatic carbocycles. The third kappa shape index (κ3) is 2.82. The van der Waals surface area contributed by atoms with Gasteiger partial charge in [-0.05, 0) is 13.8 Å². The maximum Gasteiger partial charge on any atom is 0.433 e. The normalized spacial score (nSPS) is 11.7. The molecule has 2 heterocycles. The molecule has 1 N–H and O–H groups in total. The molecule has 0 spiro atoms. The smallest absolute Gasteiger partial charge is 0.296 e. The Morgan fingerprint density at radius 3 is 2.50 bits per heavy atom. The standard InChI is InChI=1S/C11H11F3N4OS/c1-5-6(2)20-10(15-5)16-9(19)7-4-8(11(12,13)14)18(3)17-7/h4H,1-3H3,(H,15,16,19). The van der Waals surface area contributed by atoms with Crippen molar-refractivity contribution in [2.75, 3.05) is 5.32 Å². The van der Waals surface area contributed by atoms with E-state index in [1.54, 1.807) is 6.92 Å². The molecule has 0 aliphatic rings. The van der Waals surface area contributed by atoms with E-state index in [2.05, 4.69) is 15.4 Å². The monoisotopic (exact) mass is 304 g/mol. The van der Waals surface area contributed by atoms with Crippen LogP contribution in [0.1, 0.15) is 26.8 Å². The number of carbonyl (C=O) groups is 1. The Bertz CT molecular complexity index is 640. The first kappa shape index (κ1) is 14.5. The van der Waals surface area contributed by atoms with E-state index in [1.807, 2.05) is 6.92 Å². The van der Waals surface area contributed by atoms with Gasteiger partial charge in [0.05, 0.1) is 5.69 Å². The number of rotatable bonds is 2. The summed E-state index contributed by atoms with van der Waals surface area (Å²) in [5, 5.41) is 6.34. The largest absolute Gasteiger partial charge is 0.433 e. The molecule has 1 amide bonds. The predicted octanol–water partition coefficient (Wildman–Crippen LogP) is 2.76. The third-order valence-electron chi connectivity index (χ3n) is 2.65. The number of aromatic nitrogens is 3. The number of thiazole rings is 1. The minimum absolute atomic E-state index is 0.301. The number of hydrogen-bond donors (Lipinski definition) is 1. The van der Waals surface area contributed by atoms with E-state index in [0.717, 1.165) is 17.6 Å². The number of aryl methyl sites for hydroxylation is 3. The second kappa shape index (κ2) is 4.89. The first-order valence-corrected chi connectivity index (χ1v) is 6.36. The number of carbonyl (C=O) groups excluding carboxylic acids is 1. The summed E-state index contributed by atoms with van der Waals surface area (Å²) in [6.07, 6.45) is -4.55. The van der Waals surface area contributed by atoms with E-state index in [0.29, 0.717) is 15.9 Å². The molecule has 0 bridgehead atoms. The van der Waals surface area contributed by atoms with E-state index in [4.69, 9.17) is 0 Å². The lowest BCUT2D eigenvalue weighted by Gasteiger charge is -2.04. The van der Waals surface area contributed by atoms with Gasteiger partial charge in [-0.1, -0.05) is 0 Å². The van der Waals surface area contributed by atoms with Crippen LogP contribution >= 0.6 is 11.3 Å². The minimum Gasteiger partial charge on any atom is -0.296 e. The summed E-state index contributed by atoms with van der Waals surface area (Å²) in [4.78, 5) is 16.9. The molecule has 0 unspecified atom stereocenters. The number of anilines is 1. The minimum atomic E-state index is -4.55. The van der Waals surface area contributed by atoms with Crippen LogP contribution < -0.4 is 5.32 Å². The molecule has 2 aromatic heterocycles. The number of hydrogen-bond acceptors (Lipinski definition) is 4. The summed E-state index contributed by atoms with van der Waals surface area (Å²) in [6.45, 7) is 3.62. The zero-order valence-electron chi connectivity index (χ0n) is 10.9. The van der Waals surface area contributed by atoms with Gasteiger partial charge in [0.25, 0.3) is 5.91 Å². The van der Waals surface area contributed by atoms with Crippen molar-refractivity contribution in [2.45, 2.75) is 20.0 Å². The fourth-order valence-electron chi connectivity index (χ4n) is 1.53. The van der Waals surface area contributed by atoms with Crippen LogP contribution in [0.2, 0.25) is 0 Å². The average molecular weight is 304 g/mol. The van der Waals surface area contributed by atoms with Crippen LogP contribution in [0, 0.1) is 13.8 Å². The molecule has 2 rings (SSSR count). The van der Waals surface area contributed by atoms with Gasteiger partial charge in [0.2, 0.25) is 0 Å². The first-order valence-electron chi connectivity index (χ1n) is 5.55. The molecular weight excluding hydrogens is 293 g/mol. The van der Waals surface area contributed by atoms with Crippen molar-refractivity contribution < 1.29 is 18.0 Å². The molecule has 9 heteroatoms. The lowest BCUT2D eigenvalue weighted by atomic mass is 10.3. The van der Waals surface area contributed by atoms with Crippen molar-refractivity contribution in [2.24, 2.45) is 7.05 Å². The highest BCUT2D eigenvalue weighted by Gasteiger charge is 2.35. The van der Waals surface area contributed by atoms with Crippen LogP contribution in [0.25, 0.3) is 0 Å². The first-order chi connectivity index (χ1) is 9.18. The molecule has 2 aromatic rings. The Hall–Kier alpha value is -1.90. The second-order valence-electron chi connectivity index (χ2n) is 4.15. The van der Waals surface area contributed by atoms with Crippen LogP contribution in [-0.4, -0.2) is 20.7 Å². The van der Waals surface area contributed by atoms with Gasteiger partial charge in [-0.15, -0.1) is 11.3 Å². The highest BCUT2D eigenvalue weighted by atomic mass is 32.1. The number of amides is 1. The molecule has 20 heavy (non-hydrogen) atoms. The maximum absolute atomic E-state index is 12.6. The molecule has 0 fully saturated rings. The topological polar surface area (TPSA) is 59.8 Å². The Kier molecular flexibility index (Phi) is 3.55. The third-order valence-corrected chi connectivity index (χ3v) is 3.64. The van der Waals surface area contributed by atoms with Crippen molar-refractivity contribution in [3.05, 3.63) is 28.0 Å². The zero-order chi connectivity index (χ0) is 15.1. The van der Waals surface area contributed by atoms with Crippen LogP contribution in [0.4, 0.5) is 18.3 Å². The van der Waals surface area contributed by atoms with Gasteiger partial charge in [0.1, 0.15) is 5.69 Å². The molecule has 0 atom stereocenters. The summed E-state index contributed by atoms with van der Waals surface area (Å²) < 4.78 is 38.4. The van der Waals surface area contributed by atoms with Crippen molar-refractivity contribution in [3.8, 4) is 0 Å².